The average Bonchev–Trinajstić information content (AvgIpc) is 2.32. The number of ether oxygens (including phenoxy) is 1. The van der Waals surface area contributed by atoms with Crippen LogP contribution in [0.3, 0.4) is 0 Å². The van der Waals surface area contributed by atoms with E-state index in [1.54, 1.807) is 20.8 Å². The molecule has 21 heavy (non-hydrogen) atoms. The van der Waals surface area contributed by atoms with E-state index in [9.17, 15) is 22.1 Å². The van der Waals surface area contributed by atoms with Crippen LogP contribution in [0.2, 0.25) is 0 Å². The standard InChI is InChI=1S/C12H14F4N2O2S/c1-11(2,3)21(19)18-5-8-4-9(13)6-17-10(8)20-7-12(14,15)16/h4-6H,7H2,1-3H3. The summed E-state index contributed by atoms with van der Waals surface area (Å²) >= 11 is -1.63. The molecule has 1 atom stereocenters. The lowest BCUT2D eigenvalue weighted by atomic mass is 10.3. The van der Waals surface area contributed by atoms with Gasteiger partial charge in [-0.05, 0) is 26.8 Å². The summed E-state index contributed by atoms with van der Waals surface area (Å²) in [7, 11) is 0. The number of pyridine rings is 1. The minimum Gasteiger partial charge on any atom is -0.591 e. The molecule has 0 saturated carbocycles. The summed E-state index contributed by atoms with van der Waals surface area (Å²) in [6.45, 7) is 3.46. The van der Waals surface area contributed by atoms with Gasteiger partial charge in [0.2, 0.25) is 5.88 Å². The van der Waals surface area contributed by atoms with Crippen LogP contribution in [0.4, 0.5) is 17.6 Å². The van der Waals surface area contributed by atoms with Crippen molar-refractivity contribution in [3.8, 4) is 5.88 Å². The van der Waals surface area contributed by atoms with Crippen LogP contribution in [0, 0.1) is 5.82 Å². The van der Waals surface area contributed by atoms with Gasteiger partial charge in [-0.1, -0.05) is 4.40 Å². The molecule has 0 aliphatic carbocycles. The van der Waals surface area contributed by atoms with Gasteiger partial charge >= 0.3 is 6.18 Å². The Kier molecular flexibility index (Phi) is 5.57. The second-order valence-corrected chi connectivity index (χ2v) is 6.98. The van der Waals surface area contributed by atoms with Crippen LogP contribution in [0.15, 0.2) is 16.7 Å². The van der Waals surface area contributed by atoms with E-state index in [-0.39, 0.29) is 5.56 Å². The fourth-order valence-corrected chi connectivity index (χ4v) is 1.59. The van der Waals surface area contributed by atoms with Crippen molar-refractivity contribution in [2.24, 2.45) is 4.40 Å². The Hall–Kier alpha value is -1.35. The molecule has 0 N–H and O–H groups in total. The van der Waals surface area contributed by atoms with Gasteiger partial charge in [-0.2, -0.15) is 13.2 Å². The van der Waals surface area contributed by atoms with Crippen LogP contribution >= 0.6 is 0 Å². The van der Waals surface area contributed by atoms with Crippen LogP contribution in [-0.4, -0.2) is 33.3 Å². The van der Waals surface area contributed by atoms with Crippen LogP contribution in [0.1, 0.15) is 26.3 Å². The van der Waals surface area contributed by atoms with Gasteiger partial charge in [-0.15, -0.1) is 0 Å². The van der Waals surface area contributed by atoms with Gasteiger partial charge in [-0.3, -0.25) is 0 Å². The number of hydrogen-bond donors (Lipinski definition) is 0. The molecule has 0 bridgehead atoms. The zero-order valence-corrected chi connectivity index (χ0v) is 12.4. The van der Waals surface area contributed by atoms with Crippen molar-refractivity contribution in [3.05, 3.63) is 23.6 Å². The average molecular weight is 326 g/mol. The molecule has 1 aromatic rings. The number of halogens is 4. The van der Waals surface area contributed by atoms with Crippen molar-refractivity contribution in [3.63, 3.8) is 0 Å². The van der Waals surface area contributed by atoms with Crippen LogP contribution < -0.4 is 4.74 Å². The molecule has 0 radical (unpaired) electrons. The Labute approximate surface area is 122 Å². The predicted molar refractivity (Wildman–Crippen MR) is 71.2 cm³/mol. The highest BCUT2D eigenvalue weighted by Gasteiger charge is 2.29. The number of hydrogen-bond acceptors (Lipinski definition) is 4. The molecule has 0 aliphatic heterocycles. The van der Waals surface area contributed by atoms with Gasteiger partial charge in [0.05, 0.1) is 18.0 Å². The SMILES string of the molecule is CC(C)(C)[S+]([O-])N=Cc1cc(F)cnc1OCC(F)(F)F. The van der Waals surface area contributed by atoms with Crippen LogP contribution in [-0.2, 0) is 11.4 Å². The largest absolute Gasteiger partial charge is 0.591 e. The number of rotatable bonds is 4. The van der Waals surface area contributed by atoms with Gasteiger partial charge in [0.1, 0.15) is 21.9 Å². The molecule has 0 spiro atoms. The van der Waals surface area contributed by atoms with Crippen LogP contribution in [0.25, 0.3) is 0 Å². The third-order valence-electron chi connectivity index (χ3n) is 2.03. The van der Waals surface area contributed by atoms with E-state index in [0.717, 1.165) is 18.5 Å². The topological polar surface area (TPSA) is 57.5 Å². The van der Waals surface area contributed by atoms with Gasteiger partial charge in [0.25, 0.3) is 0 Å². The highest BCUT2D eigenvalue weighted by atomic mass is 32.2. The molecule has 4 nitrogen and oxygen atoms in total. The Balaban J connectivity index is 2.95. The molecule has 1 aromatic heterocycles. The van der Waals surface area contributed by atoms with E-state index in [0.29, 0.717) is 0 Å². The normalized spacial score (nSPS) is 14.5. The van der Waals surface area contributed by atoms with E-state index in [1.165, 1.54) is 0 Å². The van der Waals surface area contributed by atoms with Crippen molar-refractivity contribution in [1.29, 1.82) is 0 Å². The quantitative estimate of drug-likeness (QED) is 0.485. The monoisotopic (exact) mass is 326 g/mol. The lowest BCUT2D eigenvalue weighted by Crippen LogP contribution is -2.26. The fraction of sp³-hybridized carbons (Fsp3) is 0.500. The first kappa shape index (κ1) is 17.7. The highest BCUT2D eigenvalue weighted by Crippen LogP contribution is 2.21. The minimum absolute atomic E-state index is 0.114. The highest BCUT2D eigenvalue weighted by molar-refractivity contribution is 7.91. The Morgan fingerprint density at radius 2 is 2.00 bits per heavy atom. The molecule has 0 saturated heterocycles. The molecule has 1 rings (SSSR count). The molecule has 0 fully saturated rings. The van der Waals surface area contributed by atoms with Crippen LogP contribution in [0.5, 0.6) is 5.88 Å². The van der Waals surface area contributed by atoms with E-state index in [4.69, 9.17) is 0 Å². The van der Waals surface area contributed by atoms with Gasteiger partial charge in [-0.25, -0.2) is 9.37 Å². The third-order valence-corrected chi connectivity index (χ3v) is 3.37. The molecule has 118 valence electrons. The first-order valence-corrected chi connectivity index (χ1v) is 6.91. The van der Waals surface area contributed by atoms with Gasteiger partial charge in [0.15, 0.2) is 6.61 Å². The molecule has 0 amide bonds. The van der Waals surface area contributed by atoms with E-state index in [2.05, 4.69) is 14.1 Å². The second-order valence-electron chi connectivity index (χ2n) is 5.05. The Morgan fingerprint density at radius 3 is 2.52 bits per heavy atom. The zero-order chi connectivity index (χ0) is 16.3. The number of aromatic nitrogens is 1. The summed E-state index contributed by atoms with van der Waals surface area (Å²) in [6, 6.07) is 0.905. The second kappa shape index (κ2) is 6.61. The van der Waals surface area contributed by atoms with E-state index >= 15 is 0 Å². The smallest absolute Gasteiger partial charge is 0.422 e. The van der Waals surface area contributed by atoms with E-state index in [1.807, 2.05) is 0 Å². The molecule has 0 aliphatic rings. The summed E-state index contributed by atoms with van der Waals surface area (Å²) in [5.74, 6) is -1.19. The van der Waals surface area contributed by atoms with Crippen molar-refractivity contribution >= 4 is 17.6 Å². The molecule has 9 heteroatoms. The molecule has 1 unspecified atom stereocenters. The van der Waals surface area contributed by atoms with Crippen molar-refractivity contribution in [2.75, 3.05) is 6.61 Å². The lowest BCUT2D eigenvalue weighted by Gasteiger charge is -2.17. The van der Waals surface area contributed by atoms with Gasteiger partial charge in [0, 0.05) is 0 Å². The number of alkyl halides is 3. The summed E-state index contributed by atoms with van der Waals surface area (Å²) in [6.07, 6.45) is -2.83. The van der Waals surface area contributed by atoms with Gasteiger partial charge < -0.3 is 9.29 Å². The lowest BCUT2D eigenvalue weighted by molar-refractivity contribution is -0.154. The summed E-state index contributed by atoms with van der Waals surface area (Å²) in [5, 5.41) is 0. The summed E-state index contributed by atoms with van der Waals surface area (Å²) in [4.78, 5) is 3.43. The summed E-state index contributed by atoms with van der Waals surface area (Å²) in [5.41, 5.74) is -0.114. The number of nitrogens with zero attached hydrogens (tertiary/aromatic N) is 2. The predicted octanol–water partition coefficient (Wildman–Crippen LogP) is 3.04. The maximum Gasteiger partial charge on any atom is 0.422 e. The first-order valence-electron chi connectivity index (χ1n) is 5.80. The van der Waals surface area contributed by atoms with E-state index < -0.39 is 40.6 Å². The third kappa shape index (κ3) is 6.30. The molecular formula is C12H14F4N2O2S. The molecular weight excluding hydrogens is 312 g/mol. The maximum atomic E-state index is 13.1. The fourth-order valence-electron chi connectivity index (χ4n) is 1.07. The Morgan fingerprint density at radius 1 is 1.38 bits per heavy atom. The molecule has 1 heterocycles. The molecule has 0 aromatic carbocycles. The maximum absolute atomic E-state index is 13.1. The minimum atomic E-state index is -4.54. The first-order chi connectivity index (χ1) is 9.49. The van der Waals surface area contributed by atoms with Crippen molar-refractivity contribution < 1.29 is 26.9 Å². The van der Waals surface area contributed by atoms with Crippen molar-refractivity contribution in [2.45, 2.75) is 31.7 Å². The summed E-state index contributed by atoms with van der Waals surface area (Å²) < 4.78 is 68.7. The Bertz CT molecular complexity index is 515. The zero-order valence-electron chi connectivity index (χ0n) is 11.6. The van der Waals surface area contributed by atoms with Crippen molar-refractivity contribution in [1.82, 2.24) is 4.98 Å².